The Balaban J connectivity index is 0.000000256. The molecule has 65 nitrogen and oxygen atoms in total. The van der Waals surface area contributed by atoms with E-state index in [1.807, 2.05) is 13.8 Å². The molecule has 6 aromatic rings. The number of aryl methyl sites for hydroxylation is 1. The van der Waals surface area contributed by atoms with E-state index in [1.165, 1.54) is 29.5 Å². The van der Waals surface area contributed by atoms with Crippen LogP contribution in [0.5, 0.6) is 0 Å². The normalized spacial score (nSPS) is 23.8. The second kappa shape index (κ2) is 52.5. The molecule has 24 N–H and O–H groups in total. The molecule has 0 radical (unpaired) electrons. The molecule has 4 fully saturated rings. The van der Waals surface area contributed by atoms with Crippen LogP contribution in [0.15, 0.2) is 50.3 Å². The fourth-order valence-electron chi connectivity index (χ4n) is 12.3. The van der Waals surface area contributed by atoms with Crippen molar-refractivity contribution in [2.24, 2.45) is 5.73 Å². The Bertz CT molecular complexity index is 6610. The number of hydrogen-bond acceptors (Lipinski definition) is 47. The fourth-order valence-corrected chi connectivity index (χ4v) is 25.2. The van der Waals surface area contributed by atoms with E-state index in [1.54, 1.807) is 24.6 Å². The summed E-state index contributed by atoms with van der Waals surface area (Å²) in [6, 6.07) is 0. The fraction of sp³-hybridized carbons (Fsp3) is 0.533. The van der Waals surface area contributed by atoms with Crippen LogP contribution in [0.4, 0.5) is 11.6 Å². The predicted octanol–water partition coefficient (Wildman–Crippen LogP) is 2.62. The number of anilines is 2. The van der Waals surface area contributed by atoms with Crippen LogP contribution < -0.4 is 39.7 Å². The molecular formula is C60H89N13O52P12S4. The van der Waals surface area contributed by atoms with Gasteiger partial charge in [0.15, 0.2) is 5.65 Å². The highest BCUT2D eigenvalue weighted by molar-refractivity contribution is 7.80. The third-order valence-electron chi connectivity index (χ3n) is 17.3. The highest BCUT2D eigenvalue weighted by Crippen LogP contribution is 2.70. The van der Waals surface area contributed by atoms with Gasteiger partial charge in [-0.3, -0.25) is 41.8 Å². The van der Waals surface area contributed by atoms with E-state index in [0.29, 0.717) is 47.2 Å². The second-order valence-electron chi connectivity index (χ2n) is 27.5. The number of nitrogens with one attached hydrogen (secondary N) is 2. The SMILES string of the molecule is CCC#Cc1cn([C@H]2CC(OCS)[C@@H](COP(=O)(O)OP(=O)(O)OP(=O)(O)O)O2)c(=O)[nH]c1=O.CCC#Cc1cn([C@H]2CC(OCS)[C@@H](COP(=O)(O)OP(=O)(O)OP(=O)(O)O)O2)c(=O)nc1N.CCC#Cc1cn([C@H]2CC(OCS)[C@@H](COP(=O)(O)OP(=O)(O)OP(=O)(O)O)O2)c2ncnc(N)c12.Cc1nc2c(c(C#CCN)cn2[C@H]2CC(OCS)[C@@H](COP(=O)(O)OP(=O)(O)OP(=O)(O)O)O2)c(=O)[nH]1. The lowest BCUT2D eigenvalue weighted by Crippen LogP contribution is -2.33. The first-order valence-electron chi connectivity index (χ1n) is 38.5. The number of nitrogen functional groups attached to an aromatic ring is 2. The lowest BCUT2D eigenvalue weighted by atomic mass is 10.2. The average Bonchev–Trinajstić information content (AvgIpc) is 1.61. The minimum Gasteiger partial charge on any atom is -0.383 e. The Kier molecular flexibility index (Phi) is 45.8. The molecule has 790 valence electrons. The van der Waals surface area contributed by atoms with E-state index in [2.05, 4.69) is 176 Å². The maximum Gasteiger partial charge on any atom is 0.490 e. The summed E-state index contributed by atoms with van der Waals surface area (Å²) in [6.45, 7) is 4.11. The highest BCUT2D eigenvalue weighted by Gasteiger charge is 2.50. The van der Waals surface area contributed by atoms with Crippen LogP contribution >= 0.6 is 144 Å². The minimum atomic E-state index is -5.69. The lowest BCUT2D eigenvalue weighted by Gasteiger charge is -2.21. The van der Waals surface area contributed by atoms with Gasteiger partial charge in [0.05, 0.1) is 109 Å². The molecule has 0 amide bonds. The second-order valence-corrected chi connectivity index (χ2v) is 46.2. The monoisotopic (exact) mass is 2320 g/mol. The Morgan fingerprint density at radius 2 is 0.702 bits per heavy atom. The van der Waals surface area contributed by atoms with Crippen molar-refractivity contribution in [3.63, 3.8) is 0 Å². The molecule has 0 spiro atoms. The first-order chi connectivity index (χ1) is 65.2. The summed E-state index contributed by atoms with van der Waals surface area (Å²) in [5.41, 5.74) is 16.3. The van der Waals surface area contributed by atoms with Crippen molar-refractivity contribution in [1.29, 1.82) is 0 Å². The van der Waals surface area contributed by atoms with E-state index in [0.717, 1.165) is 9.13 Å². The lowest BCUT2D eigenvalue weighted by molar-refractivity contribution is -0.0543. The van der Waals surface area contributed by atoms with E-state index >= 15 is 0 Å². The summed E-state index contributed by atoms with van der Waals surface area (Å²) in [7, 11) is -66.3. The van der Waals surface area contributed by atoms with Crippen molar-refractivity contribution >= 4 is 178 Å². The molecule has 0 bridgehead atoms. The zero-order valence-electron chi connectivity index (χ0n) is 71.9. The molecule has 10 rings (SSSR count). The topological polar surface area (TPSA) is 962 Å². The summed E-state index contributed by atoms with van der Waals surface area (Å²) in [6.07, 6.45) is -2.16. The maximum atomic E-state index is 12.6. The van der Waals surface area contributed by atoms with Gasteiger partial charge in [0.1, 0.15) is 84.3 Å². The largest absolute Gasteiger partial charge is 0.490 e. The number of fused-ring (bicyclic) bond motifs is 2. The first kappa shape index (κ1) is 123. The number of phosphoric ester groups is 4. The van der Waals surface area contributed by atoms with Gasteiger partial charge < -0.3 is 148 Å². The van der Waals surface area contributed by atoms with Crippen LogP contribution in [0.25, 0.3) is 22.1 Å². The molecule has 12 unspecified atom stereocenters. The Hall–Kier alpha value is -4.88. The molecule has 0 aromatic carbocycles. The number of ether oxygens (including phenoxy) is 8. The van der Waals surface area contributed by atoms with Gasteiger partial charge in [0.2, 0.25) is 0 Å². The number of aromatic amines is 2. The van der Waals surface area contributed by atoms with Crippen molar-refractivity contribution < 1.29 is 224 Å². The standard InChI is InChI=1S/C16H23N4O13P3S.C16H23N4O12P3S.C14H22N3O13P3S.C14H21N2O14P3S/c1-9-18-15-14(16(21)19-9)10(3-2-4-17)6-20(15)13-5-11(29-8-37)12(31-13)7-30-35(25,26)33-36(27,28)32-34(22,23)24;1-2-3-4-10-6-20(16-14(10)15(17)18-8-19-16)13-5-11(28-9-36)12(30-13)7-29-34(24,25)32-35(26,27)31-33(21,22)23;1-2-3-4-9-6-17(14(18)16-13(9)15)12-5-10(26-8-34)11(28-12)7-27-32(22,23)30-33(24,25)29-31(19,20)21;1-2-3-4-9-6-16(14(18)15-13(9)17)12-5-10(26-8-34)11(28-12)7-27-32(22,23)30-33(24,25)29-31(19,20)21/h6,11-13,37H,4-5,7-8,17H2,1H3,(H,25,26)(H,27,28)(H,18,19,21)(H2,22,23,24);6,8,11-13,36H,2,5,7,9H2,1H3,(H,24,25)(H,26,27)(H2,17,18,19)(H2,21,22,23);6,10-12,34H,2,5,7-8H2,1H3,(H,22,23)(H,24,25)(H2,15,16,18)(H2,19,20,21);6,10-12,34H,2,5,7-8H2,1H3,(H,22,23)(H,24,25)(H,15,17,18)(H2,19,20,21)/t2*11?,12-,13-;2*10?,11-,12-/m1111/s1. The van der Waals surface area contributed by atoms with Crippen LogP contribution in [-0.4, -0.2) is 232 Å². The number of rotatable bonds is 40. The molecule has 20 atom stereocenters. The van der Waals surface area contributed by atoms with Crippen LogP contribution in [-0.2, 0) is 145 Å². The quantitative estimate of drug-likeness (QED) is 0.0114. The summed E-state index contributed by atoms with van der Waals surface area (Å²) in [4.78, 5) is 215. The molecule has 4 aliphatic heterocycles. The van der Waals surface area contributed by atoms with Crippen molar-refractivity contribution in [3.8, 4) is 47.4 Å². The smallest absolute Gasteiger partial charge is 0.383 e. The van der Waals surface area contributed by atoms with Crippen LogP contribution in [0.1, 0.15) is 119 Å². The number of H-pyrrole nitrogens is 2. The minimum absolute atomic E-state index is 0.00240. The maximum absolute atomic E-state index is 12.6. The summed E-state index contributed by atoms with van der Waals surface area (Å²) < 4.78 is 235. The first-order valence-corrected chi connectivity index (χ1v) is 59.1. The Morgan fingerprint density at radius 3 is 1.05 bits per heavy atom. The van der Waals surface area contributed by atoms with E-state index in [-0.39, 0.29) is 89.8 Å². The van der Waals surface area contributed by atoms with Crippen molar-refractivity contribution in [2.75, 3.05) is 68.2 Å². The predicted molar refractivity (Wildman–Crippen MR) is 487 cm³/mol. The molecule has 0 saturated carbocycles. The summed E-state index contributed by atoms with van der Waals surface area (Å²) >= 11 is 15.9. The summed E-state index contributed by atoms with van der Waals surface area (Å²) in [5.74, 6) is 22.4. The van der Waals surface area contributed by atoms with Crippen LogP contribution in [0.3, 0.4) is 0 Å². The van der Waals surface area contributed by atoms with Crippen molar-refractivity contribution in [1.82, 2.24) is 48.2 Å². The Morgan fingerprint density at radius 1 is 0.390 bits per heavy atom. The van der Waals surface area contributed by atoms with Crippen molar-refractivity contribution in [2.45, 2.75) is 146 Å². The number of hydrogen-bond donors (Lipinski definition) is 25. The van der Waals surface area contributed by atoms with Crippen molar-refractivity contribution in [3.05, 3.63) is 101 Å². The molecule has 81 heteroatoms. The Labute approximate surface area is 813 Å². The van der Waals surface area contributed by atoms with Gasteiger partial charge >= 0.3 is 105 Å². The molecule has 141 heavy (non-hydrogen) atoms. The van der Waals surface area contributed by atoms with Gasteiger partial charge in [0, 0.05) is 69.7 Å². The average molecular weight is 2320 g/mol. The zero-order valence-corrected chi connectivity index (χ0v) is 86.3. The van der Waals surface area contributed by atoms with E-state index in [9.17, 15) is 113 Å². The summed E-state index contributed by atoms with van der Waals surface area (Å²) in [5, 5.41) is 0.712. The van der Waals surface area contributed by atoms with Gasteiger partial charge in [-0.25, -0.2) is 79.3 Å². The molecular weight excluding hydrogens is 2230 g/mol. The molecule has 4 aliphatic rings. The van der Waals surface area contributed by atoms with Gasteiger partial charge in [-0.05, 0) is 6.92 Å². The third kappa shape index (κ3) is 39.9. The van der Waals surface area contributed by atoms with Gasteiger partial charge in [0.25, 0.3) is 11.1 Å². The third-order valence-corrected chi connectivity index (χ3v) is 33.1. The number of phosphoric acid groups is 12. The van der Waals surface area contributed by atoms with Crippen LogP contribution in [0.2, 0.25) is 0 Å². The zero-order chi connectivity index (χ0) is 106. The van der Waals surface area contributed by atoms with Gasteiger partial charge in [-0.2, -0.15) is 90.0 Å². The van der Waals surface area contributed by atoms with Gasteiger partial charge in [-0.1, -0.05) is 68.1 Å². The number of nitrogens with zero attached hydrogens (tertiary/aromatic N) is 8. The molecule has 4 saturated heterocycles. The number of nitrogens with two attached hydrogens (primary N) is 3. The molecule has 0 aliphatic carbocycles. The van der Waals surface area contributed by atoms with Gasteiger partial charge in [-0.15, -0.1) is 0 Å². The van der Waals surface area contributed by atoms with E-state index < -0.39 is 217 Å². The van der Waals surface area contributed by atoms with E-state index in [4.69, 9.17) is 98.8 Å². The molecule has 10 heterocycles. The highest BCUT2D eigenvalue weighted by atomic mass is 32.1. The molecule has 6 aromatic heterocycles. The number of thiol groups is 4. The number of aromatic nitrogens is 10. The van der Waals surface area contributed by atoms with Crippen LogP contribution in [0, 0.1) is 54.3 Å².